The molecular weight excluding hydrogens is 484 g/mol. The van der Waals surface area contributed by atoms with Crippen molar-refractivity contribution >= 4 is 40.7 Å². The van der Waals surface area contributed by atoms with Gasteiger partial charge < -0.3 is 14.6 Å². The molecule has 1 saturated heterocycles. The number of Topliss-reactive ketones (excluding diaryl/α,β-unsaturated/α-hetero) is 1. The predicted octanol–water partition coefficient (Wildman–Crippen LogP) is 4.94. The zero-order chi connectivity index (χ0) is 25.8. The van der Waals surface area contributed by atoms with E-state index in [0.29, 0.717) is 40.6 Å². The van der Waals surface area contributed by atoms with E-state index in [1.165, 1.54) is 48.5 Å². The number of aliphatic hydroxyl groups is 1. The van der Waals surface area contributed by atoms with E-state index >= 15 is 0 Å². The van der Waals surface area contributed by atoms with Crippen LogP contribution in [-0.4, -0.2) is 41.5 Å². The lowest BCUT2D eigenvalue weighted by atomic mass is 9.96. The van der Waals surface area contributed by atoms with Crippen LogP contribution in [0, 0.1) is 0 Å². The largest absolute Gasteiger partial charge is 0.507 e. The number of hydrogen-bond acceptors (Lipinski definition) is 7. The van der Waals surface area contributed by atoms with Gasteiger partial charge in [-0.1, -0.05) is 24.6 Å². The number of amides is 1. The van der Waals surface area contributed by atoms with Crippen molar-refractivity contribution in [2.75, 3.05) is 18.6 Å². The van der Waals surface area contributed by atoms with E-state index in [9.17, 15) is 19.5 Å². The summed E-state index contributed by atoms with van der Waals surface area (Å²) in [5, 5.41) is 11.5. The molecule has 36 heavy (non-hydrogen) atoms. The predicted molar refractivity (Wildman–Crippen MR) is 134 cm³/mol. The van der Waals surface area contributed by atoms with Gasteiger partial charge >= 0.3 is 5.97 Å². The van der Waals surface area contributed by atoms with Crippen molar-refractivity contribution in [2.45, 2.75) is 19.4 Å². The lowest BCUT2D eigenvalue weighted by molar-refractivity contribution is -0.132. The van der Waals surface area contributed by atoms with Gasteiger partial charge in [-0.3, -0.25) is 19.5 Å². The summed E-state index contributed by atoms with van der Waals surface area (Å²) in [6, 6.07) is 13.1. The van der Waals surface area contributed by atoms with E-state index in [4.69, 9.17) is 21.1 Å². The molecule has 1 aliphatic rings. The number of ketones is 1. The maximum Gasteiger partial charge on any atom is 0.338 e. The van der Waals surface area contributed by atoms with Gasteiger partial charge in [-0.25, -0.2) is 4.79 Å². The summed E-state index contributed by atoms with van der Waals surface area (Å²) in [4.78, 5) is 44.1. The number of esters is 1. The van der Waals surface area contributed by atoms with Crippen molar-refractivity contribution in [2.24, 2.45) is 0 Å². The highest BCUT2D eigenvalue weighted by Crippen LogP contribution is 2.42. The lowest BCUT2D eigenvalue weighted by Crippen LogP contribution is -2.29. The number of benzene rings is 2. The second-order valence-corrected chi connectivity index (χ2v) is 8.39. The summed E-state index contributed by atoms with van der Waals surface area (Å²) < 4.78 is 10.4. The van der Waals surface area contributed by atoms with E-state index in [1.54, 1.807) is 30.5 Å². The van der Waals surface area contributed by atoms with Gasteiger partial charge in [0.2, 0.25) is 0 Å². The van der Waals surface area contributed by atoms with Gasteiger partial charge in [0.05, 0.1) is 35.9 Å². The Kier molecular flexibility index (Phi) is 7.36. The Balaban J connectivity index is 1.82. The van der Waals surface area contributed by atoms with Crippen LogP contribution >= 0.6 is 11.6 Å². The third kappa shape index (κ3) is 4.67. The number of ether oxygens (including phenoxy) is 2. The SMILES string of the molecule is CCCOC(=O)c1ccc(N2C(=O)C(=O)/C(=C(\O)c3ccc(Cl)c(OC)c3)C2c2cccnc2)cc1. The summed E-state index contributed by atoms with van der Waals surface area (Å²) in [6.45, 7) is 2.19. The fourth-order valence-corrected chi connectivity index (χ4v) is 4.15. The third-order valence-corrected chi connectivity index (χ3v) is 6.00. The minimum atomic E-state index is -0.960. The van der Waals surface area contributed by atoms with Crippen molar-refractivity contribution in [1.82, 2.24) is 4.98 Å². The van der Waals surface area contributed by atoms with Crippen LogP contribution in [0.4, 0.5) is 5.69 Å². The Hall–Kier alpha value is -4.17. The first kappa shape index (κ1) is 24.9. The van der Waals surface area contributed by atoms with Crippen LogP contribution in [0.5, 0.6) is 5.75 Å². The summed E-state index contributed by atoms with van der Waals surface area (Å²) in [6.07, 6.45) is 3.78. The van der Waals surface area contributed by atoms with Gasteiger partial charge in [-0.2, -0.15) is 0 Å². The maximum atomic E-state index is 13.2. The molecule has 1 aromatic heterocycles. The van der Waals surface area contributed by atoms with Crippen molar-refractivity contribution in [1.29, 1.82) is 0 Å². The number of carbonyl (C=O) groups is 3. The Bertz CT molecular complexity index is 1340. The average Bonchev–Trinajstić information content (AvgIpc) is 3.17. The standard InChI is InChI=1S/C27H23ClN2O6/c1-3-13-36-27(34)16-6-9-19(10-7-16)30-23(18-5-4-12-29-15-18)22(25(32)26(30)33)24(31)17-8-11-20(28)21(14-17)35-2/h4-12,14-15,23,31H,3,13H2,1-2H3/b24-22-. The molecule has 2 heterocycles. The highest BCUT2D eigenvalue weighted by Gasteiger charge is 2.47. The van der Waals surface area contributed by atoms with Crippen LogP contribution in [0.1, 0.15) is 40.9 Å². The number of nitrogens with zero attached hydrogens (tertiary/aromatic N) is 2. The zero-order valence-corrected chi connectivity index (χ0v) is 20.4. The second kappa shape index (κ2) is 10.6. The van der Waals surface area contributed by atoms with Gasteiger partial charge in [0.1, 0.15) is 11.5 Å². The fraction of sp³-hybridized carbons (Fsp3) is 0.185. The molecule has 1 unspecified atom stereocenters. The normalized spacial score (nSPS) is 16.8. The van der Waals surface area contributed by atoms with E-state index in [0.717, 1.165) is 0 Å². The summed E-state index contributed by atoms with van der Waals surface area (Å²) in [5.74, 6) is -2.24. The molecule has 0 aliphatic carbocycles. The molecule has 1 amide bonds. The molecule has 1 aliphatic heterocycles. The number of rotatable bonds is 7. The summed E-state index contributed by atoms with van der Waals surface area (Å²) >= 11 is 6.11. The molecule has 9 heteroatoms. The Morgan fingerprint density at radius 2 is 1.83 bits per heavy atom. The maximum absolute atomic E-state index is 13.2. The van der Waals surface area contributed by atoms with Crippen molar-refractivity contribution < 1.29 is 29.0 Å². The van der Waals surface area contributed by atoms with Crippen molar-refractivity contribution in [3.8, 4) is 5.75 Å². The highest BCUT2D eigenvalue weighted by atomic mass is 35.5. The summed E-state index contributed by atoms with van der Waals surface area (Å²) in [5.41, 5.74) is 1.35. The van der Waals surface area contributed by atoms with E-state index in [1.807, 2.05) is 6.92 Å². The van der Waals surface area contributed by atoms with Crippen LogP contribution in [0.15, 0.2) is 72.6 Å². The molecule has 4 rings (SSSR count). The van der Waals surface area contributed by atoms with Gasteiger partial charge in [-0.15, -0.1) is 0 Å². The van der Waals surface area contributed by atoms with E-state index in [2.05, 4.69) is 4.98 Å². The minimum Gasteiger partial charge on any atom is -0.507 e. The highest BCUT2D eigenvalue weighted by molar-refractivity contribution is 6.51. The fourth-order valence-electron chi connectivity index (χ4n) is 3.95. The Labute approximate surface area is 212 Å². The second-order valence-electron chi connectivity index (χ2n) is 7.99. The topological polar surface area (TPSA) is 106 Å². The van der Waals surface area contributed by atoms with Crippen molar-refractivity contribution in [3.05, 3.63) is 94.3 Å². The monoisotopic (exact) mass is 506 g/mol. The van der Waals surface area contributed by atoms with E-state index in [-0.39, 0.29) is 16.9 Å². The van der Waals surface area contributed by atoms with Gasteiger partial charge in [-0.05, 0) is 60.5 Å². The first-order chi connectivity index (χ1) is 17.4. The van der Waals surface area contributed by atoms with Crippen molar-refractivity contribution in [3.63, 3.8) is 0 Å². The number of aliphatic hydroxyl groups excluding tert-OH is 1. The number of halogens is 1. The molecule has 3 aromatic rings. The van der Waals surface area contributed by atoms with Gasteiger partial charge in [0.25, 0.3) is 11.7 Å². The number of hydrogen-bond donors (Lipinski definition) is 1. The molecule has 1 fully saturated rings. The Morgan fingerprint density at radius 3 is 2.47 bits per heavy atom. The van der Waals surface area contributed by atoms with Crippen LogP contribution in [-0.2, 0) is 14.3 Å². The Morgan fingerprint density at radius 1 is 1.11 bits per heavy atom. The van der Waals surface area contributed by atoms with Gasteiger partial charge in [0.15, 0.2) is 0 Å². The summed E-state index contributed by atoms with van der Waals surface area (Å²) in [7, 11) is 1.43. The number of anilines is 1. The van der Waals surface area contributed by atoms with Crippen LogP contribution < -0.4 is 9.64 Å². The molecule has 0 radical (unpaired) electrons. The number of aromatic nitrogens is 1. The molecule has 8 nitrogen and oxygen atoms in total. The number of methoxy groups -OCH3 is 1. The molecule has 2 aromatic carbocycles. The molecule has 0 spiro atoms. The third-order valence-electron chi connectivity index (χ3n) is 5.69. The number of carbonyl (C=O) groups excluding carboxylic acids is 3. The van der Waals surface area contributed by atoms with E-state index < -0.39 is 23.7 Å². The molecule has 0 saturated carbocycles. The lowest BCUT2D eigenvalue weighted by Gasteiger charge is -2.25. The minimum absolute atomic E-state index is 0.108. The first-order valence-electron chi connectivity index (χ1n) is 11.2. The van der Waals surface area contributed by atoms with Crippen LogP contribution in [0.3, 0.4) is 0 Å². The molecular formula is C27H23ClN2O6. The average molecular weight is 507 g/mol. The van der Waals surface area contributed by atoms with Crippen LogP contribution in [0.2, 0.25) is 5.02 Å². The molecule has 1 atom stereocenters. The zero-order valence-electron chi connectivity index (χ0n) is 19.6. The first-order valence-corrected chi connectivity index (χ1v) is 11.6. The smallest absolute Gasteiger partial charge is 0.338 e. The molecule has 0 bridgehead atoms. The van der Waals surface area contributed by atoms with Gasteiger partial charge in [0, 0.05) is 23.6 Å². The molecule has 184 valence electrons. The molecule has 1 N–H and O–H groups in total. The van der Waals surface area contributed by atoms with Crippen LogP contribution in [0.25, 0.3) is 5.76 Å². The number of pyridine rings is 1. The quantitative estimate of drug-likeness (QED) is 0.209.